The second-order valence-corrected chi connectivity index (χ2v) is 6.24. The van der Waals surface area contributed by atoms with E-state index in [1.165, 1.54) is 0 Å². The van der Waals surface area contributed by atoms with Crippen LogP contribution >= 0.6 is 0 Å². The number of nitrogens with one attached hydrogen (secondary N) is 1. The molecule has 108 valence electrons. The molecule has 1 saturated carbocycles. The number of carbonyl (C=O) groups excluding carboxylic acids is 1. The summed E-state index contributed by atoms with van der Waals surface area (Å²) >= 11 is 0. The van der Waals surface area contributed by atoms with E-state index in [1.807, 2.05) is 19.1 Å². The minimum Gasteiger partial charge on any atom is -0.394 e. The van der Waals surface area contributed by atoms with Crippen LogP contribution < -0.4 is 5.32 Å². The van der Waals surface area contributed by atoms with Crippen LogP contribution in [0.4, 0.5) is 0 Å². The molecular formula is C15H25NO3. The van der Waals surface area contributed by atoms with Gasteiger partial charge in [0.1, 0.15) is 0 Å². The Morgan fingerprint density at radius 1 is 1.42 bits per heavy atom. The average Bonchev–Trinajstić information content (AvgIpc) is 2.90. The van der Waals surface area contributed by atoms with Crippen LogP contribution in [-0.2, 0) is 9.53 Å². The quantitative estimate of drug-likeness (QED) is 0.744. The van der Waals surface area contributed by atoms with Crippen molar-refractivity contribution in [2.75, 3.05) is 13.2 Å². The van der Waals surface area contributed by atoms with E-state index in [1.54, 1.807) is 0 Å². The van der Waals surface area contributed by atoms with Gasteiger partial charge in [0.2, 0.25) is 5.91 Å². The Kier molecular flexibility index (Phi) is 4.02. The van der Waals surface area contributed by atoms with Gasteiger partial charge in [-0.25, -0.2) is 0 Å². The number of carbonyl (C=O) groups is 1. The second kappa shape index (κ2) is 5.25. The highest BCUT2D eigenvalue weighted by Gasteiger charge is 2.61. The van der Waals surface area contributed by atoms with E-state index in [0.717, 1.165) is 12.8 Å². The molecule has 4 heteroatoms. The first-order chi connectivity index (χ1) is 8.97. The Bertz CT molecular complexity index is 370. The zero-order valence-electron chi connectivity index (χ0n) is 12.1. The summed E-state index contributed by atoms with van der Waals surface area (Å²) in [5.74, 6) is 0.0902. The molecule has 19 heavy (non-hydrogen) atoms. The number of allylic oxidation sites excluding steroid dienone is 2. The number of hydrogen-bond acceptors (Lipinski definition) is 3. The van der Waals surface area contributed by atoms with Gasteiger partial charge in [0.05, 0.1) is 18.2 Å². The van der Waals surface area contributed by atoms with E-state index in [2.05, 4.69) is 19.2 Å². The summed E-state index contributed by atoms with van der Waals surface area (Å²) in [5.41, 5.74) is -0.772. The lowest BCUT2D eigenvalue weighted by Crippen LogP contribution is -2.74. The zero-order chi connectivity index (χ0) is 14.1. The Labute approximate surface area is 115 Å². The predicted molar refractivity (Wildman–Crippen MR) is 73.6 cm³/mol. The van der Waals surface area contributed by atoms with Crippen molar-refractivity contribution in [3.8, 4) is 0 Å². The Balaban J connectivity index is 2.02. The maximum Gasteiger partial charge on any atom is 0.224 e. The van der Waals surface area contributed by atoms with Crippen LogP contribution in [0.25, 0.3) is 0 Å². The first-order valence-electron chi connectivity index (χ1n) is 7.16. The van der Waals surface area contributed by atoms with Gasteiger partial charge in [-0.15, -0.1) is 0 Å². The lowest BCUT2D eigenvalue weighted by Gasteiger charge is -2.60. The first-order valence-corrected chi connectivity index (χ1v) is 7.16. The normalized spacial score (nSPS) is 33.2. The molecule has 0 aromatic heterocycles. The summed E-state index contributed by atoms with van der Waals surface area (Å²) in [6, 6.07) is 0. The molecule has 2 atom stereocenters. The topological polar surface area (TPSA) is 58.6 Å². The molecule has 0 saturated heterocycles. The zero-order valence-corrected chi connectivity index (χ0v) is 12.1. The van der Waals surface area contributed by atoms with Gasteiger partial charge >= 0.3 is 0 Å². The Hall–Kier alpha value is -0.870. The molecule has 2 rings (SSSR count). The number of amides is 1. The molecule has 1 fully saturated rings. The molecule has 0 heterocycles. The molecular weight excluding hydrogens is 242 g/mol. The van der Waals surface area contributed by atoms with Crippen molar-refractivity contribution in [1.29, 1.82) is 0 Å². The largest absolute Gasteiger partial charge is 0.394 e. The van der Waals surface area contributed by atoms with E-state index >= 15 is 0 Å². The molecule has 2 aliphatic carbocycles. The van der Waals surface area contributed by atoms with Crippen LogP contribution in [0.5, 0.6) is 0 Å². The lowest BCUT2D eigenvalue weighted by molar-refractivity contribution is -0.182. The number of ether oxygens (including phenoxy) is 1. The molecule has 0 aliphatic heterocycles. The third kappa shape index (κ3) is 2.32. The molecule has 0 aromatic rings. The summed E-state index contributed by atoms with van der Waals surface area (Å²) in [5, 5.41) is 12.9. The molecule has 2 N–H and O–H groups in total. The second-order valence-electron chi connectivity index (χ2n) is 6.24. The fraction of sp³-hybridized carbons (Fsp3) is 0.800. The monoisotopic (exact) mass is 267 g/mol. The fourth-order valence-corrected chi connectivity index (χ4v) is 3.17. The SMILES string of the molecule is CCO[C@@H]1C[C@@](CO)(NC(=O)C2CC=CC2)C1(C)C. The van der Waals surface area contributed by atoms with Crippen molar-refractivity contribution < 1.29 is 14.6 Å². The van der Waals surface area contributed by atoms with Gasteiger partial charge in [-0.1, -0.05) is 26.0 Å². The molecule has 0 radical (unpaired) electrons. The summed E-state index contributed by atoms with van der Waals surface area (Å²) < 4.78 is 5.68. The van der Waals surface area contributed by atoms with Crippen molar-refractivity contribution in [3.05, 3.63) is 12.2 Å². The molecule has 4 nitrogen and oxygen atoms in total. The predicted octanol–water partition coefficient (Wildman–Crippen LogP) is 1.63. The van der Waals surface area contributed by atoms with Gasteiger partial charge < -0.3 is 15.2 Å². The number of rotatable bonds is 5. The molecule has 1 amide bonds. The van der Waals surface area contributed by atoms with Crippen molar-refractivity contribution in [1.82, 2.24) is 5.32 Å². The Morgan fingerprint density at radius 3 is 2.53 bits per heavy atom. The van der Waals surface area contributed by atoms with Crippen molar-refractivity contribution in [3.63, 3.8) is 0 Å². The van der Waals surface area contributed by atoms with Crippen molar-refractivity contribution in [2.24, 2.45) is 11.3 Å². The van der Waals surface area contributed by atoms with Crippen LogP contribution in [0.15, 0.2) is 12.2 Å². The third-order valence-corrected chi connectivity index (χ3v) is 4.95. The number of aliphatic hydroxyl groups excluding tert-OH is 1. The highest BCUT2D eigenvalue weighted by Crippen LogP contribution is 2.51. The fourth-order valence-electron chi connectivity index (χ4n) is 3.17. The maximum atomic E-state index is 12.3. The number of aliphatic hydroxyl groups is 1. The summed E-state index contributed by atoms with van der Waals surface area (Å²) in [6.07, 6.45) is 6.50. The summed E-state index contributed by atoms with van der Waals surface area (Å²) in [4.78, 5) is 12.3. The minimum absolute atomic E-state index is 0.0323. The summed E-state index contributed by atoms with van der Waals surface area (Å²) in [6.45, 7) is 6.71. The molecule has 2 aliphatic rings. The van der Waals surface area contributed by atoms with Crippen LogP contribution in [-0.4, -0.2) is 35.9 Å². The first kappa shape index (κ1) is 14.5. The highest BCUT2D eigenvalue weighted by atomic mass is 16.5. The van der Waals surface area contributed by atoms with Gasteiger partial charge in [0.15, 0.2) is 0 Å². The van der Waals surface area contributed by atoms with Crippen LogP contribution in [0.1, 0.15) is 40.0 Å². The van der Waals surface area contributed by atoms with Crippen LogP contribution in [0, 0.1) is 11.3 Å². The molecule has 0 unspecified atom stereocenters. The van der Waals surface area contributed by atoms with E-state index in [9.17, 15) is 9.90 Å². The minimum atomic E-state index is -0.535. The lowest BCUT2D eigenvalue weighted by atomic mass is 9.54. The van der Waals surface area contributed by atoms with E-state index < -0.39 is 5.54 Å². The third-order valence-electron chi connectivity index (χ3n) is 4.95. The number of hydrogen-bond donors (Lipinski definition) is 2. The van der Waals surface area contributed by atoms with Gasteiger partial charge in [-0.3, -0.25) is 4.79 Å². The van der Waals surface area contributed by atoms with Gasteiger partial charge in [0, 0.05) is 24.4 Å². The maximum absolute atomic E-state index is 12.3. The van der Waals surface area contributed by atoms with Gasteiger partial charge in [0.25, 0.3) is 0 Å². The highest BCUT2D eigenvalue weighted by molar-refractivity contribution is 5.80. The Morgan fingerprint density at radius 2 is 2.05 bits per heavy atom. The van der Waals surface area contributed by atoms with E-state index in [-0.39, 0.29) is 30.0 Å². The van der Waals surface area contributed by atoms with E-state index in [4.69, 9.17) is 4.74 Å². The standard InChI is InChI=1S/C15H25NO3/c1-4-19-12-9-15(10-17,14(12,2)3)16-13(18)11-7-5-6-8-11/h5-6,11-12,17H,4,7-10H2,1-3H3,(H,16,18)/t12-,15+/m1/s1. The van der Waals surface area contributed by atoms with Gasteiger partial charge in [-0.05, 0) is 19.8 Å². The molecule has 0 aromatic carbocycles. The van der Waals surface area contributed by atoms with Crippen LogP contribution in [0.2, 0.25) is 0 Å². The van der Waals surface area contributed by atoms with E-state index in [0.29, 0.717) is 13.0 Å². The van der Waals surface area contributed by atoms with Crippen LogP contribution in [0.3, 0.4) is 0 Å². The molecule has 0 bridgehead atoms. The van der Waals surface area contributed by atoms with Gasteiger partial charge in [-0.2, -0.15) is 0 Å². The van der Waals surface area contributed by atoms with Crippen molar-refractivity contribution >= 4 is 5.91 Å². The average molecular weight is 267 g/mol. The smallest absolute Gasteiger partial charge is 0.224 e. The molecule has 0 spiro atoms. The summed E-state index contributed by atoms with van der Waals surface area (Å²) in [7, 11) is 0. The van der Waals surface area contributed by atoms with Crippen molar-refractivity contribution in [2.45, 2.75) is 51.7 Å².